The summed E-state index contributed by atoms with van der Waals surface area (Å²) in [5, 5.41) is 5.38. The fourth-order valence-electron chi connectivity index (χ4n) is 1.90. The summed E-state index contributed by atoms with van der Waals surface area (Å²) in [7, 11) is 0. The first-order valence-electron chi connectivity index (χ1n) is 6.52. The molecule has 128 valence electrons. The van der Waals surface area contributed by atoms with Crippen LogP contribution in [-0.2, 0) is 4.79 Å². The molecule has 0 aromatic carbocycles. The quantitative estimate of drug-likeness (QED) is 0.669. The number of ketones is 1. The Balaban J connectivity index is 0.00000264. The second-order valence-electron chi connectivity index (χ2n) is 4.62. The predicted molar refractivity (Wildman–Crippen MR) is 97.2 cm³/mol. The van der Waals surface area contributed by atoms with Gasteiger partial charge in [-0.1, -0.05) is 0 Å². The van der Waals surface area contributed by atoms with E-state index in [-0.39, 0.29) is 43.7 Å². The average molecular weight is 371 g/mol. The third kappa shape index (κ3) is 6.72. The van der Waals surface area contributed by atoms with Crippen molar-refractivity contribution in [2.24, 2.45) is 10.4 Å². The number of rotatable bonds is 6. The maximum absolute atomic E-state index is 12.0. The van der Waals surface area contributed by atoms with Crippen LogP contribution in [0.1, 0.15) is 0 Å². The predicted octanol–water partition coefficient (Wildman–Crippen LogP) is 3.39. The van der Waals surface area contributed by atoms with Gasteiger partial charge in [-0.05, 0) is 45.8 Å². The third-order valence-electron chi connectivity index (χ3n) is 2.96. The minimum absolute atomic E-state index is 0. The molecular formula is C15H16Cl2N4O3. The first-order chi connectivity index (χ1) is 10.7. The Hall–Kier alpha value is -2.51. The van der Waals surface area contributed by atoms with E-state index in [4.69, 9.17) is 0 Å². The summed E-state index contributed by atoms with van der Waals surface area (Å²) in [5.74, 6) is 0.0190. The van der Waals surface area contributed by atoms with Crippen LogP contribution in [0.25, 0.3) is 0 Å². The van der Waals surface area contributed by atoms with E-state index < -0.39 is 0 Å². The smallest absolute Gasteiger partial charge is 0.172 e. The SMILES string of the molecule is Cl.Cl.O=NC=C1C=CN(CC(=O)CN2C=CC(=CN=O)C=C2)C=C1. The van der Waals surface area contributed by atoms with E-state index in [0.717, 1.165) is 0 Å². The van der Waals surface area contributed by atoms with Crippen molar-refractivity contribution in [3.05, 3.63) is 82.5 Å². The van der Waals surface area contributed by atoms with Crippen LogP contribution in [0.3, 0.4) is 0 Å². The molecule has 0 unspecified atom stereocenters. The van der Waals surface area contributed by atoms with Crippen molar-refractivity contribution < 1.29 is 4.79 Å². The highest BCUT2D eigenvalue weighted by atomic mass is 35.5. The number of halogens is 2. The molecule has 0 fully saturated rings. The van der Waals surface area contributed by atoms with E-state index in [1.165, 1.54) is 12.4 Å². The minimum Gasteiger partial charge on any atom is -0.347 e. The average Bonchev–Trinajstić information content (AvgIpc) is 2.52. The zero-order chi connectivity index (χ0) is 15.8. The van der Waals surface area contributed by atoms with Crippen LogP contribution in [0.2, 0.25) is 0 Å². The summed E-state index contributed by atoms with van der Waals surface area (Å²) in [4.78, 5) is 35.7. The van der Waals surface area contributed by atoms with Crippen molar-refractivity contribution in [3.63, 3.8) is 0 Å². The molecule has 0 aromatic rings. The van der Waals surface area contributed by atoms with Gasteiger partial charge in [-0.25, -0.2) is 0 Å². The molecule has 9 heteroatoms. The van der Waals surface area contributed by atoms with E-state index in [9.17, 15) is 14.6 Å². The molecule has 0 radical (unpaired) electrons. The van der Waals surface area contributed by atoms with Crippen LogP contribution >= 0.6 is 24.8 Å². The largest absolute Gasteiger partial charge is 0.347 e. The number of Topliss-reactive ketones (excluding diaryl/α,β-unsaturated/α-hetero) is 1. The number of allylic oxidation sites excluding steroid dienone is 6. The topological polar surface area (TPSA) is 82.4 Å². The third-order valence-corrected chi connectivity index (χ3v) is 2.96. The number of carbonyl (C=O) groups is 1. The molecule has 0 amide bonds. The van der Waals surface area contributed by atoms with Crippen LogP contribution < -0.4 is 0 Å². The highest BCUT2D eigenvalue weighted by molar-refractivity contribution is 5.85. The van der Waals surface area contributed by atoms with E-state index in [0.29, 0.717) is 11.1 Å². The maximum atomic E-state index is 12.0. The van der Waals surface area contributed by atoms with Gasteiger partial charge < -0.3 is 9.80 Å². The Kier molecular flexibility index (Phi) is 9.93. The Bertz CT molecular complexity index is 565. The normalized spacial score (nSPS) is 14.7. The summed E-state index contributed by atoms with van der Waals surface area (Å²) in [6.45, 7) is 0.455. The summed E-state index contributed by atoms with van der Waals surface area (Å²) in [6, 6.07) is 0. The molecule has 0 spiro atoms. The molecule has 0 aliphatic carbocycles. The van der Waals surface area contributed by atoms with Gasteiger partial charge in [0, 0.05) is 24.8 Å². The zero-order valence-corrected chi connectivity index (χ0v) is 14.2. The summed E-state index contributed by atoms with van der Waals surface area (Å²) >= 11 is 0. The van der Waals surface area contributed by atoms with Gasteiger partial charge in [0.15, 0.2) is 5.78 Å². The van der Waals surface area contributed by atoms with Gasteiger partial charge in [0.25, 0.3) is 0 Å². The second-order valence-corrected chi connectivity index (χ2v) is 4.62. The van der Waals surface area contributed by atoms with Crippen molar-refractivity contribution in [2.75, 3.05) is 13.1 Å². The van der Waals surface area contributed by atoms with Gasteiger partial charge in [0.1, 0.15) is 0 Å². The summed E-state index contributed by atoms with van der Waals surface area (Å²) in [5.41, 5.74) is 1.37. The fourth-order valence-corrected chi connectivity index (χ4v) is 1.90. The van der Waals surface area contributed by atoms with Crippen molar-refractivity contribution >= 4 is 30.6 Å². The Labute approximate surface area is 151 Å². The molecule has 2 aliphatic heterocycles. The molecular weight excluding hydrogens is 355 g/mol. The Morgan fingerprint density at radius 2 is 1.12 bits per heavy atom. The van der Waals surface area contributed by atoms with Crippen LogP contribution in [0, 0.1) is 9.81 Å². The van der Waals surface area contributed by atoms with Gasteiger partial charge in [-0.2, -0.15) is 0 Å². The molecule has 0 bridgehead atoms. The van der Waals surface area contributed by atoms with Crippen LogP contribution in [0.15, 0.2) is 83.0 Å². The van der Waals surface area contributed by atoms with E-state index >= 15 is 0 Å². The number of carbonyl (C=O) groups excluding carboxylic acids is 1. The van der Waals surface area contributed by atoms with Crippen LogP contribution in [0.5, 0.6) is 0 Å². The minimum atomic E-state index is 0. The molecule has 24 heavy (non-hydrogen) atoms. The van der Waals surface area contributed by atoms with E-state index in [2.05, 4.69) is 10.4 Å². The van der Waals surface area contributed by atoms with Gasteiger partial charge in [-0.15, -0.1) is 34.6 Å². The maximum Gasteiger partial charge on any atom is 0.172 e. The van der Waals surface area contributed by atoms with E-state index in [1.807, 2.05) is 0 Å². The van der Waals surface area contributed by atoms with Crippen molar-refractivity contribution in [1.29, 1.82) is 0 Å². The number of nitrogens with zero attached hydrogens (tertiary/aromatic N) is 4. The Morgan fingerprint density at radius 1 is 0.792 bits per heavy atom. The molecule has 2 heterocycles. The van der Waals surface area contributed by atoms with Gasteiger partial charge in [-0.3, -0.25) is 4.79 Å². The van der Waals surface area contributed by atoms with Crippen molar-refractivity contribution in [2.45, 2.75) is 0 Å². The molecule has 0 N–H and O–H groups in total. The Morgan fingerprint density at radius 3 is 1.42 bits per heavy atom. The first-order valence-corrected chi connectivity index (χ1v) is 6.52. The molecule has 7 nitrogen and oxygen atoms in total. The first kappa shape index (κ1) is 21.5. The lowest BCUT2D eigenvalue weighted by molar-refractivity contribution is -0.119. The van der Waals surface area contributed by atoms with Gasteiger partial charge in [0.05, 0.1) is 25.5 Å². The molecule has 2 aliphatic rings. The van der Waals surface area contributed by atoms with Crippen molar-refractivity contribution in [1.82, 2.24) is 9.80 Å². The van der Waals surface area contributed by atoms with Gasteiger partial charge >= 0.3 is 0 Å². The molecule has 0 saturated heterocycles. The second kappa shape index (κ2) is 11.1. The van der Waals surface area contributed by atoms with Crippen LogP contribution in [0.4, 0.5) is 0 Å². The van der Waals surface area contributed by atoms with Gasteiger partial charge in [0.2, 0.25) is 0 Å². The summed E-state index contributed by atoms with van der Waals surface area (Å²) in [6.07, 6.45) is 16.1. The van der Waals surface area contributed by atoms with E-state index in [1.54, 1.807) is 58.9 Å². The molecule has 0 atom stereocenters. The highest BCUT2D eigenvalue weighted by Crippen LogP contribution is 2.11. The standard InChI is InChI=1S/C15H14N4O3.2ClH/c20-15(11-18-5-1-13(2-6-18)9-16-21)12-19-7-3-14(4-8-19)10-17-22;;/h1-10H,11-12H2;2*1H. The molecule has 0 saturated carbocycles. The summed E-state index contributed by atoms with van der Waals surface area (Å²) < 4.78 is 0. The number of hydrogen-bond donors (Lipinski definition) is 0. The number of hydrogen-bond acceptors (Lipinski definition) is 7. The lowest BCUT2D eigenvalue weighted by atomic mass is 10.2. The number of nitroso groups, excluding NO2 is 2. The lowest BCUT2D eigenvalue weighted by Crippen LogP contribution is -2.29. The van der Waals surface area contributed by atoms with Crippen molar-refractivity contribution in [3.8, 4) is 0 Å². The zero-order valence-electron chi connectivity index (χ0n) is 12.5. The monoisotopic (exact) mass is 370 g/mol. The molecule has 0 aromatic heterocycles. The lowest BCUT2D eigenvalue weighted by Gasteiger charge is -2.21. The fraction of sp³-hybridized carbons (Fsp3) is 0.133. The molecule has 2 rings (SSSR count). The van der Waals surface area contributed by atoms with Crippen LogP contribution in [-0.4, -0.2) is 28.7 Å². The highest BCUT2D eigenvalue weighted by Gasteiger charge is 2.11.